The lowest BCUT2D eigenvalue weighted by atomic mass is 9.81. The van der Waals surface area contributed by atoms with Gasteiger partial charge in [-0.1, -0.05) is 19.3 Å². The maximum absolute atomic E-state index is 12.7. The molecule has 1 saturated heterocycles. The number of nitrogens with zero attached hydrogens (tertiary/aromatic N) is 1. The van der Waals surface area contributed by atoms with E-state index in [1.165, 1.54) is 12.8 Å². The summed E-state index contributed by atoms with van der Waals surface area (Å²) in [7, 11) is 0. The fourth-order valence-electron chi connectivity index (χ4n) is 3.38. The Hall–Kier alpha value is -0.610. The lowest BCUT2D eigenvalue weighted by Gasteiger charge is -2.40. The minimum absolute atomic E-state index is 0.188. The molecule has 0 aromatic rings. The molecule has 1 aliphatic heterocycles. The Labute approximate surface area is 116 Å². The van der Waals surface area contributed by atoms with Gasteiger partial charge in [-0.2, -0.15) is 0 Å². The number of likely N-dealkylation sites (tertiary alicyclic amines) is 1. The molecule has 1 aliphatic carbocycles. The van der Waals surface area contributed by atoms with Crippen LogP contribution in [0.25, 0.3) is 0 Å². The summed E-state index contributed by atoms with van der Waals surface area (Å²) in [6, 6.07) is 0. The number of ether oxygens (including phenoxy) is 1. The first-order chi connectivity index (χ1) is 9.15. The number of nitrogens with two attached hydrogens (primary N) is 1. The highest BCUT2D eigenvalue weighted by atomic mass is 16.5. The largest absolute Gasteiger partial charge is 0.381 e. The molecule has 0 aromatic heterocycles. The fraction of sp³-hybridized carbons (Fsp3) is 0.933. The molecule has 2 rings (SSSR count). The monoisotopic (exact) mass is 268 g/mol. The molecule has 4 nitrogen and oxygen atoms in total. The van der Waals surface area contributed by atoms with Gasteiger partial charge in [0.1, 0.15) is 0 Å². The molecule has 2 N–H and O–H groups in total. The van der Waals surface area contributed by atoms with Crippen molar-refractivity contribution in [3.05, 3.63) is 0 Å². The van der Waals surface area contributed by atoms with Crippen molar-refractivity contribution >= 4 is 5.91 Å². The summed E-state index contributed by atoms with van der Waals surface area (Å²) in [6.45, 7) is 5.25. The van der Waals surface area contributed by atoms with E-state index in [2.05, 4.69) is 0 Å². The SMILES string of the molecule is CCOCC1CCCN(C(=O)C2(N)CCCCC2)C1. The average molecular weight is 268 g/mol. The third-order valence-electron chi connectivity index (χ3n) is 4.54. The van der Waals surface area contributed by atoms with Gasteiger partial charge in [-0.25, -0.2) is 0 Å². The van der Waals surface area contributed by atoms with Gasteiger partial charge in [-0.3, -0.25) is 4.79 Å². The first kappa shape index (κ1) is 14.8. The molecule has 110 valence electrons. The topological polar surface area (TPSA) is 55.6 Å². The molecular weight excluding hydrogens is 240 g/mol. The summed E-state index contributed by atoms with van der Waals surface area (Å²) in [6.07, 6.45) is 7.38. The quantitative estimate of drug-likeness (QED) is 0.847. The number of hydrogen-bond acceptors (Lipinski definition) is 3. The number of hydrogen-bond donors (Lipinski definition) is 1. The van der Waals surface area contributed by atoms with Crippen molar-refractivity contribution in [1.29, 1.82) is 0 Å². The van der Waals surface area contributed by atoms with E-state index in [-0.39, 0.29) is 5.91 Å². The minimum atomic E-state index is -0.578. The number of carbonyl (C=O) groups is 1. The van der Waals surface area contributed by atoms with Crippen molar-refractivity contribution in [2.45, 2.75) is 57.4 Å². The Morgan fingerprint density at radius 1 is 1.32 bits per heavy atom. The third kappa shape index (κ3) is 3.69. The highest BCUT2D eigenvalue weighted by Gasteiger charge is 2.39. The first-order valence-electron chi connectivity index (χ1n) is 7.82. The highest BCUT2D eigenvalue weighted by Crippen LogP contribution is 2.29. The van der Waals surface area contributed by atoms with E-state index in [9.17, 15) is 4.79 Å². The summed E-state index contributed by atoms with van der Waals surface area (Å²) in [5.41, 5.74) is 5.78. The van der Waals surface area contributed by atoms with Crippen LogP contribution in [0, 0.1) is 5.92 Å². The van der Waals surface area contributed by atoms with Gasteiger partial charge in [-0.15, -0.1) is 0 Å². The molecule has 2 aliphatic rings. The lowest BCUT2D eigenvalue weighted by molar-refractivity contribution is -0.140. The number of carbonyl (C=O) groups excluding carboxylic acids is 1. The van der Waals surface area contributed by atoms with Gasteiger partial charge in [0, 0.05) is 19.7 Å². The van der Waals surface area contributed by atoms with E-state index in [0.717, 1.165) is 58.4 Å². The second kappa shape index (κ2) is 6.71. The molecule has 19 heavy (non-hydrogen) atoms. The maximum atomic E-state index is 12.7. The molecule has 4 heteroatoms. The molecule has 1 unspecified atom stereocenters. The average Bonchev–Trinajstić information content (AvgIpc) is 2.45. The Bertz CT molecular complexity index is 301. The van der Waals surface area contributed by atoms with Crippen LogP contribution in [0.1, 0.15) is 51.9 Å². The van der Waals surface area contributed by atoms with Gasteiger partial charge in [0.25, 0.3) is 0 Å². The number of amides is 1. The second-order valence-corrected chi connectivity index (χ2v) is 6.14. The molecule has 0 bridgehead atoms. The van der Waals surface area contributed by atoms with Crippen molar-refractivity contribution < 1.29 is 9.53 Å². The zero-order valence-electron chi connectivity index (χ0n) is 12.2. The molecular formula is C15H28N2O2. The van der Waals surface area contributed by atoms with Crippen LogP contribution in [0.2, 0.25) is 0 Å². The van der Waals surface area contributed by atoms with Gasteiger partial charge >= 0.3 is 0 Å². The van der Waals surface area contributed by atoms with Gasteiger partial charge in [-0.05, 0) is 38.5 Å². The number of rotatable bonds is 4. The van der Waals surface area contributed by atoms with Crippen molar-refractivity contribution in [1.82, 2.24) is 4.90 Å². The van der Waals surface area contributed by atoms with E-state index in [1.54, 1.807) is 0 Å². The van der Waals surface area contributed by atoms with Gasteiger partial charge in [0.05, 0.1) is 12.1 Å². The maximum Gasteiger partial charge on any atom is 0.242 e. The van der Waals surface area contributed by atoms with Crippen LogP contribution in [-0.4, -0.2) is 42.6 Å². The van der Waals surface area contributed by atoms with E-state index < -0.39 is 5.54 Å². The van der Waals surface area contributed by atoms with Crippen LogP contribution in [0.5, 0.6) is 0 Å². The van der Waals surface area contributed by atoms with Crippen LogP contribution >= 0.6 is 0 Å². The van der Waals surface area contributed by atoms with E-state index in [1.807, 2.05) is 11.8 Å². The predicted octanol–water partition coefficient (Wildman–Crippen LogP) is 1.92. The first-order valence-corrected chi connectivity index (χ1v) is 7.82. The summed E-state index contributed by atoms with van der Waals surface area (Å²) < 4.78 is 5.50. The van der Waals surface area contributed by atoms with Crippen LogP contribution in [0.3, 0.4) is 0 Å². The van der Waals surface area contributed by atoms with E-state index >= 15 is 0 Å². The van der Waals surface area contributed by atoms with Crippen LogP contribution in [0.4, 0.5) is 0 Å². The van der Waals surface area contributed by atoms with Gasteiger partial charge < -0.3 is 15.4 Å². The van der Waals surface area contributed by atoms with Crippen LogP contribution in [-0.2, 0) is 9.53 Å². The molecule has 1 saturated carbocycles. The Kier molecular flexibility index (Phi) is 5.22. The molecule has 1 heterocycles. The molecule has 1 amide bonds. The molecule has 2 fully saturated rings. The van der Waals surface area contributed by atoms with Crippen molar-refractivity contribution in [2.75, 3.05) is 26.3 Å². The highest BCUT2D eigenvalue weighted by molar-refractivity contribution is 5.86. The summed E-state index contributed by atoms with van der Waals surface area (Å²) in [5, 5.41) is 0. The van der Waals surface area contributed by atoms with Crippen molar-refractivity contribution in [3.8, 4) is 0 Å². The fourth-order valence-corrected chi connectivity index (χ4v) is 3.38. The molecule has 1 atom stereocenters. The lowest BCUT2D eigenvalue weighted by Crippen LogP contribution is -2.58. The standard InChI is InChI=1S/C15H28N2O2/c1-2-19-12-13-7-6-10-17(11-13)14(18)15(16)8-4-3-5-9-15/h13H,2-12,16H2,1H3. The van der Waals surface area contributed by atoms with Crippen molar-refractivity contribution in [3.63, 3.8) is 0 Å². The molecule has 0 radical (unpaired) electrons. The minimum Gasteiger partial charge on any atom is -0.381 e. The van der Waals surface area contributed by atoms with Gasteiger partial charge in [0.15, 0.2) is 0 Å². The van der Waals surface area contributed by atoms with E-state index in [4.69, 9.17) is 10.5 Å². The summed E-state index contributed by atoms with van der Waals surface area (Å²) in [5.74, 6) is 0.679. The second-order valence-electron chi connectivity index (χ2n) is 6.14. The normalized spacial score (nSPS) is 27.3. The Balaban J connectivity index is 1.90. The zero-order chi connectivity index (χ0) is 13.7. The zero-order valence-corrected chi connectivity index (χ0v) is 12.2. The van der Waals surface area contributed by atoms with Gasteiger partial charge in [0.2, 0.25) is 5.91 Å². The van der Waals surface area contributed by atoms with Crippen LogP contribution < -0.4 is 5.73 Å². The predicted molar refractivity (Wildman–Crippen MR) is 75.8 cm³/mol. The Morgan fingerprint density at radius 2 is 2.05 bits per heavy atom. The summed E-state index contributed by atoms with van der Waals surface area (Å²) >= 11 is 0. The molecule has 0 aromatic carbocycles. The third-order valence-corrected chi connectivity index (χ3v) is 4.54. The Morgan fingerprint density at radius 3 is 2.74 bits per heavy atom. The summed E-state index contributed by atoms with van der Waals surface area (Å²) in [4.78, 5) is 14.7. The smallest absolute Gasteiger partial charge is 0.242 e. The van der Waals surface area contributed by atoms with Crippen molar-refractivity contribution in [2.24, 2.45) is 11.7 Å². The van der Waals surface area contributed by atoms with Crippen LogP contribution in [0.15, 0.2) is 0 Å². The number of piperidine rings is 1. The molecule has 0 spiro atoms. The van der Waals surface area contributed by atoms with E-state index in [0.29, 0.717) is 5.92 Å².